The van der Waals surface area contributed by atoms with Gasteiger partial charge in [-0.3, -0.25) is 14.4 Å². The van der Waals surface area contributed by atoms with Gasteiger partial charge in [0.1, 0.15) is 11.6 Å². The van der Waals surface area contributed by atoms with E-state index in [0.29, 0.717) is 0 Å². The smallest absolute Gasteiger partial charge is 0.314 e. The molecule has 3 amide bonds. The van der Waals surface area contributed by atoms with Crippen molar-refractivity contribution >= 4 is 29.1 Å². The van der Waals surface area contributed by atoms with Crippen molar-refractivity contribution in [1.29, 1.82) is 0 Å². The van der Waals surface area contributed by atoms with Gasteiger partial charge < -0.3 is 16.4 Å². The van der Waals surface area contributed by atoms with E-state index < -0.39 is 35.0 Å². The van der Waals surface area contributed by atoms with Crippen molar-refractivity contribution in [2.45, 2.75) is 0 Å². The summed E-state index contributed by atoms with van der Waals surface area (Å²) in [5.74, 6) is -4.86. The van der Waals surface area contributed by atoms with E-state index in [1.807, 2.05) is 5.32 Å². The lowest BCUT2D eigenvalue weighted by atomic mass is 10.1. The Bertz CT molecular complexity index is 793. The molecule has 0 spiro atoms. The number of amides is 3. The van der Waals surface area contributed by atoms with E-state index in [4.69, 9.17) is 5.73 Å². The minimum atomic E-state index is -1.23. The fourth-order valence-electron chi connectivity index (χ4n) is 1.76. The Morgan fingerprint density at radius 1 is 0.870 bits per heavy atom. The number of rotatable bonds is 3. The molecule has 0 atom stereocenters. The molecule has 8 heteroatoms. The number of carbonyl (C=O) groups excluding carboxylic acids is 3. The normalized spacial score (nSPS) is 10.0. The monoisotopic (exact) mass is 319 g/mol. The number of hydrogen-bond donors (Lipinski definition) is 3. The van der Waals surface area contributed by atoms with E-state index in [1.165, 1.54) is 24.3 Å². The topological polar surface area (TPSA) is 101 Å². The summed E-state index contributed by atoms with van der Waals surface area (Å²) in [5.41, 5.74) is 4.70. The van der Waals surface area contributed by atoms with E-state index in [-0.39, 0.29) is 11.3 Å². The van der Waals surface area contributed by atoms with Crippen LogP contribution in [0.2, 0.25) is 0 Å². The van der Waals surface area contributed by atoms with Gasteiger partial charge in [-0.15, -0.1) is 0 Å². The third kappa shape index (κ3) is 3.88. The average molecular weight is 319 g/mol. The standard InChI is InChI=1S/C15H11F2N3O3/c16-8-5-6-10(17)12(7-8)20-15(23)14(22)19-11-4-2-1-3-9(11)13(18)21/h1-7H,(H2,18,21)(H,19,22)(H,20,23). The highest BCUT2D eigenvalue weighted by atomic mass is 19.1. The van der Waals surface area contributed by atoms with Crippen LogP contribution >= 0.6 is 0 Å². The largest absolute Gasteiger partial charge is 0.366 e. The quantitative estimate of drug-likeness (QED) is 0.750. The zero-order chi connectivity index (χ0) is 17.0. The van der Waals surface area contributed by atoms with E-state index in [9.17, 15) is 23.2 Å². The van der Waals surface area contributed by atoms with Gasteiger partial charge in [-0.2, -0.15) is 0 Å². The Labute approximate surface area is 129 Å². The number of primary amides is 1. The first-order chi connectivity index (χ1) is 10.9. The first-order valence-corrected chi connectivity index (χ1v) is 6.34. The molecule has 0 aliphatic heterocycles. The van der Waals surface area contributed by atoms with Crippen molar-refractivity contribution < 1.29 is 23.2 Å². The van der Waals surface area contributed by atoms with Gasteiger partial charge in [0.15, 0.2) is 0 Å². The van der Waals surface area contributed by atoms with E-state index in [0.717, 1.165) is 18.2 Å². The van der Waals surface area contributed by atoms with Crippen LogP contribution in [0.4, 0.5) is 20.2 Å². The van der Waals surface area contributed by atoms with Gasteiger partial charge in [0.25, 0.3) is 5.91 Å². The molecule has 4 N–H and O–H groups in total. The third-order valence-electron chi connectivity index (χ3n) is 2.82. The third-order valence-corrected chi connectivity index (χ3v) is 2.82. The van der Waals surface area contributed by atoms with Gasteiger partial charge in [-0.1, -0.05) is 12.1 Å². The molecule has 0 aromatic heterocycles. The lowest BCUT2D eigenvalue weighted by Crippen LogP contribution is -2.30. The minimum Gasteiger partial charge on any atom is -0.366 e. The molecule has 0 saturated carbocycles. The predicted molar refractivity (Wildman–Crippen MR) is 78.6 cm³/mol. The van der Waals surface area contributed by atoms with Crippen molar-refractivity contribution in [2.75, 3.05) is 10.6 Å². The number of nitrogens with one attached hydrogen (secondary N) is 2. The second-order valence-corrected chi connectivity index (χ2v) is 4.44. The summed E-state index contributed by atoms with van der Waals surface area (Å²) < 4.78 is 26.4. The molecular formula is C15H11F2N3O3. The summed E-state index contributed by atoms with van der Waals surface area (Å²) in [4.78, 5) is 34.8. The molecule has 23 heavy (non-hydrogen) atoms. The van der Waals surface area contributed by atoms with Gasteiger partial charge in [0.05, 0.1) is 16.9 Å². The molecule has 0 fully saturated rings. The second kappa shape index (κ2) is 6.65. The number of halogens is 2. The Balaban J connectivity index is 2.14. The van der Waals surface area contributed by atoms with Crippen LogP contribution in [0.5, 0.6) is 0 Å². The molecule has 0 bridgehead atoms. The molecule has 0 aliphatic rings. The molecule has 0 heterocycles. The predicted octanol–water partition coefficient (Wildman–Crippen LogP) is 1.64. The Morgan fingerprint density at radius 3 is 2.13 bits per heavy atom. The Kier molecular flexibility index (Phi) is 4.65. The van der Waals surface area contributed by atoms with Crippen LogP contribution in [-0.4, -0.2) is 17.7 Å². The highest BCUT2D eigenvalue weighted by Crippen LogP contribution is 2.16. The Morgan fingerprint density at radius 2 is 1.48 bits per heavy atom. The van der Waals surface area contributed by atoms with Crippen molar-refractivity contribution in [1.82, 2.24) is 0 Å². The van der Waals surface area contributed by atoms with Gasteiger partial charge in [-0.25, -0.2) is 8.78 Å². The summed E-state index contributed by atoms with van der Waals surface area (Å²) in [6.45, 7) is 0. The summed E-state index contributed by atoms with van der Waals surface area (Å²) in [6.07, 6.45) is 0. The van der Waals surface area contributed by atoms with Gasteiger partial charge in [-0.05, 0) is 24.3 Å². The molecular weight excluding hydrogens is 308 g/mol. The van der Waals surface area contributed by atoms with Gasteiger partial charge in [0, 0.05) is 6.07 Å². The zero-order valence-corrected chi connectivity index (χ0v) is 11.6. The van der Waals surface area contributed by atoms with Crippen molar-refractivity contribution in [3.8, 4) is 0 Å². The summed E-state index contributed by atoms with van der Waals surface area (Å²) in [6, 6.07) is 8.19. The van der Waals surface area contributed by atoms with Gasteiger partial charge in [0.2, 0.25) is 0 Å². The van der Waals surface area contributed by atoms with E-state index in [2.05, 4.69) is 5.32 Å². The van der Waals surface area contributed by atoms with Crippen molar-refractivity contribution in [3.05, 3.63) is 59.7 Å². The van der Waals surface area contributed by atoms with Crippen LogP contribution in [0, 0.1) is 11.6 Å². The van der Waals surface area contributed by atoms with Crippen molar-refractivity contribution in [2.24, 2.45) is 5.73 Å². The number of nitrogens with two attached hydrogens (primary N) is 1. The fraction of sp³-hybridized carbons (Fsp3) is 0. The molecule has 2 aromatic carbocycles. The number of benzene rings is 2. The first-order valence-electron chi connectivity index (χ1n) is 6.34. The molecule has 0 unspecified atom stereocenters. The fourth-order valence-corrected chi connectivity index (χ4v) is 1.76. The second-order valence-electron chi connectivity index (χ2n) is 4.44. The maximum absolute atomic E-state index is 13.4. The number of para-hydroxylation sites is 1. The zero-order valence-electron chi connectivity index (χ0n) is 11.6. The minimum absolute atomic E-state index is 0.00517. The van der Waals surface area contributed by atoms with E-state index >= 15 is 0 Å². The maximum Gasteiger partial charge on any atom is 0.314 e. The van der Waals surface area contributed by atoms with Gasteiger partial charge >= 0.3 is 11.8 Å². The van der Waals surface area contributed by atoms with E-state index in [1.54, 1.807) is 0 Å². The molecule has 0 aliphatic carbocycles. The lowest BCUT2D eigenvalue weighted by Gasteiger charge is -2.09. The average Bonchev–Trinajstić information content (AvgIpc) is 2.51. The van der Waals surface area contributed by atoms with Crippen molar-refractivity contribution in [3.63, 3.8) is 0 Å². The maximum atomic E-state index is 13.4. The summed E-state index contributed by atoms with van der Waals surface area (Å²) >= 11 is 0. The highest BCUT2D eigenvalue weighted by molar-refractivity contribution is 6.44. The molecule has 0 saturated heterocycles. The molecule has 2 rings (SSSR count). The van der Waals surface area contributed by atoms with Crippen LogP contribution < -0.4 is 16.4 Å². The van der Waals surface area contributed by atoms with Crippen LogP contribution in [0.25, 0.3) is 0 Å². The van der Waals surface area contributed by atoms with Crippen LogP contribution in [0.3, 0.4) is 0 Å². The first kappa shape index (κ1) is 16.1. The Hall–Kier alpha value is -3.29. The SMILES string of the molecule is NC(=O)c1ccccc1NC(=O)C(=O)Nc1cc(F)ccc1F. The van der Waals surface area contributed by atoms with Crippen LogP contribution in [0.1, 0.15) is 10.4 Å². The van der Waals surface area contributed by atoms with Crippen LogP contribution in [0.15, 0.2) is 42.5 Å². The summed E-state index contributed by atoms with van der Waals surface area (Å²) in [5, 5.41) is 4.12. The number of carbonyl (C=O) groups is 3. The molecule has 2 aromatic rings. The number of hydrogen-bond acceptors (Lipinski definition) is 3. The molecule has 6 nitrogen and oxygen atoms in total. The summed E-state index contributed by atoms with van der Waals surface area (Å²) in [7, 11) is 0. The lowest BCUT2D eigenvalue weighted by molar-refractivity contribution is -0.133. The molecule has 0 radical (unpaired) electrons. The highest BCUT2D eigenvalue weighted by Gasteiger charge is 2.18. The number of anilines is 2. The molecule has 118 valence electrons. The van der Waals surface area contributed by atoms with Crippen LogP contribution in [-0.2, 0) is 9.59 Å².